The molecule has 206 valence electrons. The van der Waals surface area contributed by atoms with E-state index in [1.165, 1.54) is 11.8 Å². The minimum atomic E-state index is -0.546. The number of benzene rings is 1. The first kappa shape index (κ1) is 27.2. The monoisotopic (exact) mass is 550 g/mol. The van der Waals surface area contributed by atoms with Gasteiger partial charge in [-0.05, 0) is 50.4 Å². The van der Waals surface area contributed by atoms with Crippen LogP contribution >= 0.6 is 11.8 Å². The average molecular weight is 551 g/mol. The fourth-order valence-corrected chi connectivity index (χ4v) is 5.63. The maximum absolute atomic E-state index is 14.8. The summed E-state index contributed by atoms with van der Waals surface area (Å²) in [5.74, 6) is 0.162. The van der Waals surface area contributed by atoms with Gasteiger partial charge in [0.15, 0.2) is 17.9 Å². The van der Waals surface area contributed by atoms with Crippen LogP contribution in [-0.2, 0) is 4.79 Å². The van der Waals surface area contributed by atoms with E-state index in [4.69, 9.17) is 0 Å². The third kappa shape index (κ3) is 5.66. The number of nitrogens with zero attached hydrogens (tertiary/aromatic N) is 4. The average Bonchev–Trinajstić information content (AvgIpc) is 3.37. The maximum Gasteiger partial charge on any atom is 0.242 e. The first-order valence-corrected chi connectivity index (χ1v) is 14.4. The number of hydrogen-bond acceptors (Lipinski definition) is 8. The van der Waals surface area contributed by atoms with E-state index >= 15 is 0 Å². The summed E-state index contributed by atoms with van der Waals surface area (Å²) < 4.78 is 14.8. The molecular formula is C28H35FN8OS. The van der Waals surface area contributed by atoms with Crippen LogP contribution in [0.1, 0.15) is 25.8 Å². The predicted molar refractivity (Wildman–Crippen MR) is 158 cm³/mol. The summed E-state index contributed by atoms with van der Waals surface area (Å²) in [4.78, 5) is 30.7. The van der Waals surface area contributed by atoms with Crippen LogP contribution in [0.15, 0.2) is 52.1 Å². The lowest BCUT2D eigenvalue weighted by molar-refractivity contribution is -0.122. The van der Waals surface area contributed by atoms with Gasteiger partial charge < -0.3 is 25.8 Å². The Kier molecular flexibility index (Phi) is 8.20. The van der Waals surface area contributed by atoms with Crippen LogP contribution in [0.4, 0.5) is 15.9 Å². The van der Waals surface area contributed by atoms with E-state index in [2.05, 4.69) is 47.8 Å². The van der Waals surface area contributed by atoms with Gasteiger partial charge in [-0.15, -0.1) is 11.8 Å². The van der Waals surface area contributed by atoms with Crippen molar-refractivity contribution < 1.29 is 9.18 Å². The molecule has 2 aromatic heterocycles. The Morgan fingerprint density at radius 3 is 2.79 bits per heavy atom. The van der Waals surface area contributed by atoms with E-state index in [1.807, 2.05) is 38.4 Å². The van der Waals surface area contributed by atoms with Gasteiger partial charge in [0.2, 0.25) is 5.91 Å². The highest BCUT2D eigenvalue weighted by Gasteiger charge is 2.28. The smallest absolute Gasteiger partial charge is 0.242 e. The Labute approximate surface area is 232 Å². The highest BCUT2D eigenvalue weighted by molar-refractivity contribution is 7.98. The lowest BCUT2D eigenvalue weighted by Crippen LogP contribution is -2.52. The van der Waals surface area contributed by atoms with Crippen LogP contribution in [-0.4, -0.2) is 83.7 Å². The molecule has 4 N–H and O–H groups in total. The topological polar surface area (TPSA) is 101 Å². The largest absolute Gasteiger partial charge is 0.357 e. The number of anilines is 2. The van der Waals surface area contributed by atoms with Crippen molar-refractivity contribution in [2.75, 3.05) is 50.1 Å². The van der Waals surface area contributed by atoms with Crippen LogP contribution in [0.5, 0.6) is 0 Å². The standard InChI is InChI=1S/C28H35FN8OS/c1-5-21(37-13-11-36(3)12-14-37)27(38)35-26-25-18(9-10-30-26)19(16-31-25)24-17(2)15-32-28(34-24)33-20-7-6-8-22(39-4)23(20)29/h6-10,15-16,21,28,31,33-34H,5,11-14H2,1-4H3,(H,30,35,38). The molecule has 2 atom stereocenters. The maximum atomic E-state index is 14.8. The molecule has 1 saturated heterocycles. The molecule has 0 saturated carbocycles. The number of amides is 1. The number of rotatable bonds is 8. The van der Waals surface area contributed by atoms with Crippen molar-refractivity contribution in [3.05, 3.63) is 53.6 Å². The van der Waals surface area contributed by atoms with Crippen LogP contribution < -0.4 is 16.0 Å². The number of likely N-dealkylation sites (N-methyl/N-ethyl adjacent to an activating group) is 1. The minimum absolute atomic E-state index is 0.0460. The summed E-state index contributed by atoms with van der Waals surface area (Å²) in [7, 11) is 2.11. The van der Waals surface area contributed by atoms with E-state index < -0.39 is 6.29 Å². The Balaban J connectivity index is 1.36. The zero-order valence-electron chi connectivity index (χ0n) is 22.7. The summed E-state index contributed by atoms with van der Waals surface area (Å²) in [6.45, 7) is 7.66. The van der Waals surface area contributed by atoms with Gasteiger partial charge in [-0.3, -0.25) is 9.69 Å². The molecular weight excluding hydrogens is 515 g/mol. The Morgan fingerprint density at radius 2 is 2.05 bits per heavy atom. The van der Waals surface area contributed by atoms with Crippen LogP contribution in [0.3, 0.4) is 0 Å². The fourth-order valence-electron chi connectivity index (χ4n) is 5.13. The Hall–Kier alpha value is -3.41. The number of hydrogen-bond donors (Lipinski definition) is 4. The summed E-state index contributed by atoms with van der Waals surface area (Å²) in [5.41, 5.74) is 3.86. The first-order valence-electron chi connectivity index (χ1n) is 13.2. The van der Waals surface area contributed by atoms with E-state index in [-0.39, 0.29) is 17.8 Å². The molecule has 9 nitrogen and oxygen atoms in total. The van der Waals surface area contributed by atoms with Crippen molar-refractivity contribution in [2.45, 2.75) is 37.5 Å². The van der Waals surface area contributed by atoms with Crippen molar-refractivity contribution >= 4 is 52.0 Å². The van der Waals surface area contributed by atoms with Crippen molar-refractivity contribution in [2.24, 2.45) is 4.99 Å². The highest BCUT2D eigenvalue weighted by Crippen LogP contribution is 2.31. The first-order chi connectivity index (χ1) is 18.9. The number of aromatic nitrogens is 2. The molecule has 2 aliphatic heterocycles. The second kappa shape index (κ2) is 11.8. The van der Waals surface area contributed by atoms with Gasteiger partial charge in [-0.25, -0.2) is 14.4 Å². The van der Waals surface area contributed by atoms with Gasteiger partial charge in [-0.2, -0.15) is 0 Å². The molecule has 1 fully saturated rings. The summed E-state index contributed by atoms with van der Waals surface area (Å²) in [6, 6.07) is 6.99. The van der Waals surface area contributed by atoms with E-state index in [1.54, 1.807) is 24.5 Å². The van der Waals surface area contributed by atoms with Crippen molar-refractivity contribution in [1.82, 2.24) is 25.1 Å². The normalized spacial score (nSPS) is 19.3. The van der Waals surface area contributed by atoms with Crippen molar-refractivity contribution in [1.29, 1.82) is 0 Å². The van der Waals surface area contributed by atoms with Gasteiger partial charge in [0, 0.05) is 60.6 Å². The molecule has 11 heteroatoms. The predicted octanol–water partition coefficient (Wildman–Crippen LogP) is 4.19. The van der Waals surface area contributed by atoms with E-state index in [0.29, 0.717) is 16.4 Å². The van der Waals surface area contributed by atoms with Crippen LogP contribution in [0.2, 0.25) is 0 Å². The fraction of sp³-hybridized carbons (Fsp3) is 0.393. The Morgan fingerprint density at radius 1 is 1.26 bits per heavy atom. The molecule has 4 heterocycles. The van der Waals surface area contributed by atoms with Crippen LogP contribution in [0.25, 0.3) is 16.6 Å². The van der Waals surface area contributed by atoms with Crippen molar-refractivity contribution in [3.8, 4) is 0 Å². The number of pyridine rings is 1. The number of carbonyl (C=O) groups excluding carboxylic acids is 1. The number of H-pyrrole nitrogens is 1. The molecule has 1 aromatic carbocycles. The molecule has 39 heavy (non-hydrogen) atoms. The number of piperazine rings is 1. The summed E-state index contributed by atoms with van der Waals surface area (Å²) in [6.07, 6.45) is 7.42. The third-order valence-corrected chi connectivity index (χ3v) is 8.10. The second-order valence-electron chi connectivity index (χ2n) is 9.89. The number of allylic oxidation sites excluding steroid dienone is 1. The molecule has 0 radical (unpaired) electrons. The van der Waals surface area contributed by atoms with Crippen molar-refractivity contribution in [3.63, 3.8) is 0 Å². The Bertz CT molecular complexity index is 1410. The number of carbonyl (C=O) groups is 1. The lowest BCUT2D eigenvalue weighted by atomic mass is 10.1. The highest BCUT2D eigenvalue weighted by atomic mass is 32.2. The number of thioether (sulfide) groups is 1. The summed E-state index contributed by atoms with van der Waals surface area (Å²) in [5, 5.41) is 10.6. The van der Waals surface area contributed by atoms with Gasteiger partial charge in [0.1, 0.15) is 0 Å². The third-order valence-electron chi connectivity index (χ3n) is 7.35. The minimum Gasteiger partial charge on any atom is -0.357 e. The number of halogens is 1. The lowest BCUT2D eigenvalue weighted by Gasteiger charge is -2.36. The number of aromatic amines is 1. The molecule has 5 rings (SSSR count). The zero-order chi connectivity index (χ0) is 27.5. The molecule has 2 aliphatic rings. The second-order valence-corrected chi connectivity index (χ2v) is 10.7. The molecule has 2 unspecified atom stereocenters. The van der Waals surface area contributed by atoms with Gasteiger partial charge >= 0.3 is 0 Å². The number of aliphatic imine (C=N–C) groups is 1. The van der Waals surface area contributed by atoms with E-state index in [0.717, 1.165) is 60.3 Å². The quantitative estimate of drug-likeness (QED) is 0.312. The molecule has 0 bridgehead atoms. The number of nitrogens with one attached hydrogen (secondary N) is 4. The summed E-state index contributed by atoms with van der Waals surface area (Å²) >= 11 is 1.36. The molecule has 0 aliphatic carbocycles. The molecule has 0 spiro atoms. The zero-order valence-corrected chi connectivity index (χ0v) is 23.5. The number of fused-ring (bicyclic) bond motifs is 1. The van der Waals surface area contributed by atoms with Gasteiger partial charge in [0.25, 0.3) is 0 Å². The molecule has 3 aromatic rings. The van der Waals surface area contributed by atoms with Gasteiger partial charge in [0.05, 0.1) is 22.9 Å². The van der Waals surface area contributed by atoms with Crippen LogP contribution in [0, 0.1) is 5.82 Å². The molecule has 1 amide bonds. The SMILES string of the molecule is CCC(C(=O)Nc1nccc2c(C3=C(C)C=NC(Nc4cccc(SC)c4F)N3)c[nH]c12)N1CCN(C)CC1. The van der Waals surface area contributed by atoms with E-state index in [9.17, 15) is 9.18 Å². The van der Waals surface area contributed by atoms with Gasteiger partial charge in [-0.1, -0.05) is 13.0 Å².